The topological polar surface area (TPSA) is 92.7 Å². The van der Waals surface area contributed by atoms with E-state index in [1.807, 2.05) is 0 Å². The molecule has 0 aliphatic heterocycles. The van der Waals surface area contributed by atoms with Crippen molar-refractivity contribution in [1.29, 1.82) is 0 Å². The van der Waals surface area contributed by atoms with E-state index in [9.17, 15) is 13.2 Å². The summed E-state index contributed by atoms with van der Waals surface area (Å²) < 4.78 is 31.0. The minimum Gasteiger partial charge on any atom is -0.469 e. The van der Waals surface area contributed by atoms with Gasteiger partial charge in [0.25, 0.3) is 0 Å². The van der Waals surface area contributed by atoms with Gasteiger partial charge in [-0.1, -0.05) is 12.1 Å². The number of sulfonamides is 1. The largest absolute Gasteiger partial charge is 0.469 e. The Labute approximate surface area is 125 Å². The van der Waals surface area contributed by atoms with E-state index in [0.29, 0.717) is 18.4 Å². The predicted molar refractivity (Wildman–Crippen MR) is 78.3 cm³/mol. The average molecular weight is 315 g/mol. The third kappa shape index (κ3) is 6.24. The number of ether oxygens (including phenoxy) is 1. The smallest absolute Gasteiger partial charge is 0.309 e. The molecule has 0 saturated carbocycles. The predicted octanol–water partition coefficient (Wildman–Crippen LogP) is 0.841. The zero-order valence-electron chi connectivity index (χ0n) is 12.2. The summed E-state index contributed by atoms with van der Waals surface area (Å²) >= 11 is 0. The molecule has 118 valence electrons. The summed E-state index contributed by atoms with van der Waals surface area (Å²) in [4.78, 5) is 11.3. The summed E-state index contributed by atoms with van der Waals surface area (Å²) in [7, 11) is -2.25. The van der Waals surface area contributed by atoms with Crippen LogP contribution in [0.1, 0.15) is 25.3 Å². The first-order valence-corrected chi connectivity index (χ1v) is 8.17. The molecule has 1 rings (SSSR count). The average Bonchev–Trinajstić information content (AvgIpc) is 2.44. The first-order chi connectivity index (χ1) is 9.85. The Morgan fingerprint density at radius 3 is 2.48 bits per heavy atom. The summed E-state index contributed by atoms with van der Waals surface area (Å²) in [6.07, 6.45) is 0.781. The second kappa shape index (κ2) is 8.11. The van der Waals surface area contributed by atoms with Crippen LogP contribution in [0.3, 0.4) is 0 Å². The van der Waals surface area contributed by atoms with Crippen molar-refractivity contribution >= 4 is 16.0 Å². The van der Waals surface area contributed by atoms with Crippen LogP contribution in [-0.2, 0) is 26.0 Å². The van der Waals surface area contributed by atoms with Crippen LogP contribution in [0, 0.1) is 0 Å². The van der Waals surface area contributed by atoms with Gasteiger partial charge in [-0.25, -0.2) is 13.1 Å². The van der Waals surface area contributed by atoms with Crippen LogP contribution in [0.25, 0.3) is 0 Å². The molecule has 6 nitrogen and oxygen atoms in total. The van der Waals surface area contributed by atoms with E-state index in [2.05, 4.69) is 9.46 Å². The van der Waals surface area contributed by atoms with Gasteiger partial charge in [-0.15, -0.1) is 0 Å². The molecule has 0 aliphatic rings. The number of methoxy groups -OCH3 is 1. The molecule has 0 spiro atoms. The molecule has 0 radical (unpaired) electrons. The Kier molecular flexibility index (Phi) is 6.80. The third-order valence-corrected chi connectivity index (χ3v) is 4.38. The molecular formula is C14H21NO5S. The lowest BCUT2D eigenvalue weighted by atomic mass is 10.2. The fraction of sp³-hybridized carbons (Fsp3) is 0.500. The number of hydrogen-bond acceptors (Lipinski definition) is 5. The maximum absolute atomic E-state index is 12.0. The monoisotopic (exact) mass is 315 g/mol. The third-order valence-electron chi connectivity index (χ3n) is 2.90. The molecule has 7 heteroatoms. The van der Waals surface area contributed by atoms with E-state index in [1.165, 1.54) is 19.2 Å². The standard InChI is InChI=1S/C14H21NO5S/c1-11(16)4-3-9-15-21(18,19)13-7-5-12(6-8-13)10-14(17)20-2/h5-8,11,15-16H,3-4,9-10H2,1-2H3. The maximum Gasteiger partial charge on any atom is 0.309 e. The highest BCUT2D eigenvalue weighted by Crippen LogP contribution is 2.11. The van der Waals surface area contributed by atoms with Crippen LogP contribution in [0.5, 0.6) is 0 Å². The van der Waals surface area contributed by atoms with Crippen molar-refractivity contribution in [3.8, 4) is 0 Å². The first kappa shape index (κ1) is 17.6. The van der Waals surface area contributed by atoms with E-state index in [4.69, 9.17) is 5.11 Å². The highest BCUT2D eigenvalue weighted by molar-refractivity contribution is 7.89. The van der Waals surface area contributed by atoms with E-state index >= 15 is 0 Å². The Balaban J connectivity index is 2.60. The van der Waals surface area contributed by atoms with Crippen molar-refractivity contribution < 1.29 is 23.1 Å². The van der Waals surface area contributed by atoms with Crippen molar-refractivity contribution in [1.82, 2.24) is 4.72 Å². The van der Waals surface area contributed by atoms with Crippen molar-refractivity contribution in [2.45, 2.75) is 37.2 Å². The minimum atomic E-state index is -3.56. The number of benzene rings is 1. The van der Waals surface area contributed by atoms with Crippen molar-refractivity contribution in [3.05, 3.63) is 29.8 Å². The molecule has 0 aliphatic carbocycles. The van der Waals surface area contributed by atoms with Gasteiger partial charge in [-0.3, -0.25) is 4.79 Å². The number of aliphatic hydroxyl groups is 1. The molecular weight excluding hydrogens is 294 g/mol. The molecule has 21 heavy (non-hydrogen) atoms. The van der Waals surface area contributed by atoms with Gasteiger partial charge in [0.05, 0.1) is 24.5 Å². The van der Waals surface area contributed by atoms with Crippen LogP contribution in [-0.4, -0.2) is 39.3 Å². The van der Waals surface area contributed by atoms with Crippen molar-refractivity contribution in [3.63, 3.8) is 0 Å². The summed E-state index contributed by atoms with van der Waals surface area (Å²) in [5.74, 6) is -0.373. The fourth-order valence-electron chi connectivity index (χ4n) is 1.71. The van der Waals surface area contributed by atoms with Crippen LogP contribution in [0.4, 0.5) is 0 Å². The van der Waals surface area contributed by atoms with Crippen molar-refractivity contribution in [2.24, 2.45) is 0 Å². The van der Waals surface area contributed by atoms with Gasteiger partial charge in [-0.05, 0) is 37.5 Å². The number of aliphatic hydroxyl groups excluding tert-OH is 1. The minimum absolute atomic E-state index is 0.110. The second-order valence-corrected chi connectivity index (χ2v) is 6.55. The van der Waals surface area contributed by atoms with Crippen molar-refractivity contribution in [2.75, 3.05) is 13.7 Å². The number of nitrogens with one attached hydrogen (secondary N) is 1. The zero-order chi connectivity index (χ0) is 15.9. The van der Waals surface area contributed by atoms with Crippen LogP contribution in [0.2, 0.25) is 0 Å². The van der Waals surface area contributed by atoms with Gasteiger partial charge in [0, 0.05) is 6.54 Å². The Hall–Kier alpha value is -1.44. The number of carbonyl (C=O) groups is 1. The van der Waals surface area contributed by atoms with Gasteiger partial charge in [0.2, 0.25) is 10.0 Å². The summed E-state index contributed by atoms with van der Waals surface area (Å²) in [5, 5.41) is 9.11. The molecule has 2 N–H and O–H groups in total. The summed E-state index contributed by atoms with van der Waals surface area (Å²) in [6, 6.07) is 6.08. The summed E-state index contributed by atoms with van der Waals surface area (Å²) in [6.45, 7) is 1.94. The Morgan fingerprint density at radius 2 is 1.95 bits per heavy atom. The lowest BCUT2D eigenvalue weighted by Crippen LogP contribution is -2.25. The first-order valence-electron chi connectivity index (χ1n) is 6.68. The van der Waals surface area contributed by atoms with Crippen LogP contribution >= 0.6 is 0 Å². The molecule has 1 atom stereocenters. The molecule has 0 amide bonds. The van der Waals surface area contributed by atoms with Gasteiger partial charge in [-0.2, -0.15) is 0 Å². The highest BCUT2D eigenvalue weighted by Gasteiger charge is 2.13. The van der Waals surface area contributed by atoms with Gasteiger partial charge in [0.15, 0.2) is 0 Å². The molecule has 0 fully saturated rings. The van der Waals surface area contributed by atoms with E-state index < -0.39 is 16.1 Å². The van der Waals surface area contributed by atoms with Gasteiger partial charge in [0.1, 0.15) is 0 Å². The zero-order valence-corrected chi connectivity index (χ0v) is 13.0. The van der Waals surface area contributed by atoms with Gasteiger partial charge >= 0.3 is 5.97 Å². The van der Waals surface area contributed by atoms with Gasteiger partial charge < -0.3 is 9.84 Å². The molecule has 0 aromatic heterocycles. The number of rotatable bonds is 8. The van der Waals surface area contributed by atoms with Crippen LogP contribution < -0.4 is 4.72 Å². The van der Waals surface area contributed by atoms with Crippen LogP contribution in [0.15, 0.2) is 29.2 Å². The molecule has 0 saturated heterocycles. The molecule has 1 aromatic carbocycles. The highest BCUT2D eigenvalue weighted by atomic mass is 32.2. The quantitative estimate of drug-likeness (QED) is 0.548. The van der Waals surface area contributed by atoms with E-state index in [1.54, 1.807) is 19.1 Å². The Bertz CT molecular complexity index is 551. The number of carbonyl (C=O) groups excluding carboxylic acids is 1. The molecule has 1 unspecified atom stereocenters. The molecule has 1 aromatic rings. The van der Waals surface area contributed by atoms with E-state index in [-0.39, 0.29) is 23.8 Å². The maximum atomic E-state index is 12.0. The lowest BCUT2D eigenvalue weighted by molar-refractivity contribution is -0.139. The molecule has 0 heterocycles. The number of hydrogen-bond donors (Lipinski definition) is 2. The molecule has 0 bridgehead atoms. The second-order valence-electron chi connectivity index (χ2n) is 4.79. The SMILES string of the molecule is COC(=O)Cc1ccc(S(=O)(=O)NCCCC(C)O)cc1. The lowest BCUT2D eigenvalue weighted by Gasteiger charge is -2.08. The Morgan fingerprint density at radius 1 is 1.33 bits per heavy atom. The fourth-order valence-corrected chi connectivity index (χ4v) is 2.79. The normalized spacial score (nSPS) is 12.9. The number of esters is 1. The summed E-state index contributed by atoms with van der Waals surface area (Å²) in [5.41, 5.74) is 0.690. The van der Waals surface area contributed by atoms with E-state index in [0.717, 1.165) is 0 Å².